The lowest BCUT2D eigenvalue weighted by molar-refractivity contribution is 0.330. The predicted octanol–water partition coefficient (Wildman–Crippen LogP) is 4.63. The van der Waals surface area contributed by atoms with Gasteiger partial charge in [0.05, 0.1) is 5.69 Å². The van der Waals surface area contributed by atoms with E-state index < -0.39 is 0 Å². The van der Waals surface area contributed by atoms with Crippen LogP contribution in [0.15, 0.2) is 31.5 Å². The van der Waals surface area contributed by atoms with E-state index in [1.165, 1.54) is 24.0 Å². The summed E-state index contributed by atoms with van der Waals surface area (Å²) < 4.78 is 0. The second kappa shape index (κ2) is 4.08. The molecule has 0 spiro atoms. The Bertz CT molecular complexity index is 506. The van der Waals surface area contributed by atoms with Crippen LogP contribution in [0.4, 0.5) is 0 Å². The molecular formula is C17H23N. The van der Waals surface area contributed by atoms with Gasteiger partial charge in [-0.15, -0.1) is 0 Å². The minimum atomic E-state index is 0.226. The average molecular weight is 241 g/mol. The molecule has 0 unspecified atom stereocenters. The highest BCUT2D eigenvalue weighted by molar-refractivity contribution is 5.69. The number of allylic oxidation sites excluding steroid dienone is 2. The van der Waals surface area contributed by atoms with Crippen molar-refractivity contribution < 1.29 is 0 Å². The maximum atomic E-state index is 4.55. The molecule has 0 N–H and O–H groups in total. The molecule has 0 radical (unpaired) electrons. The maximum absolute atomic E-state index is 4.55. The van der Waals surface area contributed by atoms with Gasteiger partial charge in [-0.3, -0.25) is 4.98 Å². The lowest BCUT2D eigenvalue weighted by Gasteiger charge is -2.41. The summed E-state index contributed by atoms with van der Waals surface area (Å²) in [5.74, 6) is 0. The van der Waals surface area contributed by atoms with Crippen LogP contribution in [0.5, 0.6) is 0 Å². The fourth-order valence-electron chi connectivity index (χ4n) is 2.73. The van der Waals surface area contributed by atoms with E-state index in [1.807, 2.05) is 6.20 Å². The highest BCUT2D eigenvalue weighted by atomic mass is 14.7. The van der Waals surface area contributed by atoms with E-state index in [2.05, 4.69) is 51.9 Å². The van der Waals surface area contributed by atoms with Gasteiger partial charge in [-0.2, -0.15) is 0 Å². The molecule has 1 aromatic heterocycles. The van der Waals surface area contributed by atoms with Crippen molar-refractivity contribution in [2.45, 2.75) is 51.4 Å². The summed E-state index contributed by atoms with van der Waals surface area (Å²) in [6.07, 6.45) is 6.25. The van der Waals surface area contributed by atoms with Crippen LogP contribution in [0, 0.1) is 0 Å². The molecule has 0 aromatic carbocycles. The largest absolute Gasteiger partial charge is 0.256 e. The number of fused-ring (bicyclic) bond motifs is 1. The monoisotopic (exact) mass is 241 g/mol. The Labute approximate surface area is 111 Å². The number of aromatic nitrogens is 1. The highest BCUT2D eigenvalue weighted by Crippen LogP contribution is 2.45. The van der Waals surface area contributed by atoms with Crippen molar-refractivity contribution in [3.05, 3.63) is 48.3 Å². The van der Waals surface area contributed by atoms with Crippen molar-refractivity contribution >= 4 is 5.57 Å². The lowest BCUT2D eigenvalue weighted by atomic mass is 9.63. The van der Waals surface area contributed by atoms with Crippen LogP contribution in [0.3, 0.4) is 0 Å². The Morgan fingerprint density at radius 3 is 2.28 bits per heavy atom. The summed E-state index contributed by atoms with van der Waals surface area (Å²) in [7, 11) is 0. The Hall–Kier alpha value is -1.37. The van der Waals surface area contributed by atoms with Crippen LogP contribution in [0.1, 0.15) is 57.4 Å². The minimum absolute atomic E-state index is 0.226. The fraction of sp³-hybridized carbons (Fsp3) is 0.471. The zero-order chi connectivity index (χ0) is 13.6. The maximum Gasteiger partial charge on any atom is 0.0698 e. The van der Waals surface area contributed by atoms with Crippen LogP contribution in [0.25, 0.3) is 5.57 Å². The average Bonchev–Trinajstić information content (AvgIpc) is 2.34. The molecule has 0 saturated heterocycles. The van der Waals surface area contributed by atoms with Crippen molar-refractivity contribution in [3.8, 4) is 0 Å². The van der Waals surface area contributed by atoms with Gasteiger partial charge >= 0.3 is 0 Å². The van der Waals surface area contributed by atoms with Gasteiger partial charge in [0.1, 0.15) is 0 Å². The third-order valence-electron chi connectivity index (χ3n) is 4.31. The molecule has 18 heavy (non-hydrogen) atoms. The third kappa shape index (κ3) is 2.03. The molecule has 1 aromatic rings. The molecule has 0 aliphatic heterocycles. The molecule has 0 atom stereocenters. The first-order valence-electron chi connectivity index (χ1n) is 6.61. The molecule has 96 valence electrons. The number of rotatable bonds is 2. The van der Waals surface area contributed by atoms with Gasteiger partial charge in [-0.1, -0.05) is 46.9 Å². The van der Waals surface area contributed by atoms with E-state index in [4.69, 9.17) is 0 Å². The summed E-state index contributed by atoms with van der Waals surface area (Å²) in [5, 5.41) is 0. The zero-order valence-electron chi connectivity index (χ0n) is 12.0. The Kier molecular flexibility index (Phi) is 2.96. The first kappa shape index (κ1) is 13.1. The molecule has 0 fully saturated rings. The molecular weight excluding hydrogens is 218 g/mol. The fourth-order valence-corrected chi connectivity index (χ4v) is 2.73. The second-order valence-corrected chi connectivity index (χ2v) is 6.61. The first-order valence-corrected chi connectivity index (χ1v) is 6.61. The van der Waals surface area contributed by atoms with Gasteiger partial charge in [0.15, 0.2) is 0 Å². The molecule has 0 bridgehead atoms. The molecule has 0 saturated carbocycles. The van der Waals surface area contributed by atoms with Gasteiger partial charge in [0.2, 0.25) is 0 Å². The summed E-state index contributed by atoms with van der Waals surface area (Å²) in [6.45, 7) is 17.0. The molecule has 1 aliphatic rings. The SMILES string of the molecule is C=CC(=C)c1cc2c(cn1)C(C)(C)CCC2(C)C. The van der Waals surface area contributed by atoms with Crippen molar-refractivity contribution in [2.24, 2.45) is 0 Å². The molecule has 1 heteroatoms. The topological polar surface area (TPSA) is 12.9 Å². The van der Waals surface area contributed by atoms with Crippen LogP contribution >= 0.6 is 0 Å². The number of hydrogen-bond donors (Lipinski definition) is 0. The Morgan fingerprint density at radius 2 is 1.72 bits per heavy atom. The lowest BCUT2D eigenvalue weighted by Crippen LogP contribution is -2.34. The van der Waals surface area contributed by atoms with Gasteiger partial charge in [-0.25, -0.2) is 0 Å². The van der Waals surface area contributed by atoms with Crippen LogP contribution in [-0.2, 0) is 10.8 Å². The van der Waals surface area contributed by atoms with Gasteiger partial charge in [-0.05, 0) is 46.4 Å². The number of pyridine rings is 1. The smallest absolute Gasteiger partial charge is 0.0698 e. The molecule has 1 heterocycles. The first-order chi connectivity index (χ1) is 8.28. The van der Waals surface area contributed by atoms with Gasteiger partial charge in [0, 0.05) is 6.20 Å². The summed E-state index contributed by atoms with van der Waals surface area (Å²) in [4.78, 5) is 4.55. The van der Waals surface area contributed by atoms with Crippen molar-refractivity contribution in [2.75, 3.05) is 0 Å². The van der Waals surface area contributed by atoms with E-state index in [0.717, 1.165) is 11.3 Å². The van der Waals surface area contributed by atoms with E-state index >= 15 is 0 Å². The summed E-state index contributed by atoms with van der Waals surface area (Å²) in [5.41, 5.74) is 5.12. The molecule has 1 nitrogen and oxygen atoms in total. The normalized spacial score (nSPS) is 20.0. The quantitative estimate of drug-likeness (QED) is 0.688. The molecule has 2 rings (SSSR count). The van der Waals surface area contributed by atoms with Crippen molar-refractivity contribution in [1.82, 2.24) is 4.98 Å². The molecule has 0 amide bonds. The van der Waals surface area contributed by atoms with Gasteiger partial charge in [0.25, 0.3) is 0 Å². The second-order valence-electron chi connectivity index (χ2n) is 6.61. The number of nitrogens with zero attached hydrogens (tertiary/aromatic N) is 1. The van der Waals surface area contributed by atoms with Crippen molar-refractivity contribution in [3.63, 3.8) is 0 Å². The minimum Gasteiger partial charge on any atom is -0.256 e. The van der Waals surface area contributed by atoms with E-state index in [1.54, 1.807) is 6.08 Å². The Morgan fingerprint density at radius 1 is 1.17 bits per heavy atom. The Balaban J connectivity index is 2.62. The standard InChI is InChI=1S/C17H23N/c1-7-12(2)15-10-13-14(11-18-15)17(5,6)9-8-16(13,3)4/h7,10-11H,1-2,8-9H2,3-6H3. The van der Waals surface area contributed by atoms with Crippen LogP contribution in [-0.4, -0.2) is 4.98 Å². The van der Waals surface area contributed by atoms with E-state index in [9.17, 15) is 0 Å². The van der Waals surface area contributed by atoms with Crippen molar-refractivity contribution in [1.29, 1.82) is 0 Å². The number of hydrogen-bond acceptors (Lipinski definition) is 1. The summed E-state index contributed by atoms with van der Waals surface area (Å²) >= 11 is 0. The zero-order valence-corrected chi connectivity index (χ0v) is 12.0. The highest BCUT2D eigenvalue weighted by Gasteiger charge is 2.37. The predicted molar refractivity (Wildman–Crippen MR) is 78.8 cm³/mol. The summed E-state index contributed by atoms with van der Waals surface area (Å²) in [6, 6.07) is 2.21. The van der Waals surface area contributed by atoms with Crippen LogP contribution < -0.4 is 0 Å². The van der Waals surface area contributed by atoms with Gasteiger partial charge < -0.3 is 0 Å². The van der Waals surface area contributed by atoms with Crippen LogP contribution in [0.2, 0.25) is 0 Å². The molecule has 1 aliphatic carbocycles. The van der Waals surface area contributed by atoms with E-state index in [-0.39, 0.29) is 10.8 Å². The van der Waals surface area contributed by atoms with E-state index in [0.29, 0.717) is 0 Å². The third-order valence-corrected chi connectivity index (χ3v) is 4.31.